The minimum absolute atomic E-state index is 0.534. The highest BCUT2D eigenvalue weighted by Gasteiger charge is 2.22. The normalized spacial score (nSPS) is 11.0. The molecular formula is C25H21P2. The molecule has 0 spiro atoms. The minimum Gasteiger partial charge on any atom is -0.0622 e. The summed E-state index contributed by atoms with van der Waals surface area (Å²) >= 11 is 0. The smallest absolute Gasteiger partial charge is 0.0274 e. The van der Waals surface area contributed by atoms with Crippen LogP contribution in [0.3, 0.4) is 0 Å². The Balaban J connectivity index is 1.77. The van der Waals surface area contributed by atoms with Crippen LogP contribution in [-0.2, 0) is 0 Å². The summed E-state index contributed by atoms with van der Waals surface area (Å²) in [6.07, 6.45) is 0. The van der Waals surface area contributed by atoms with Crippen molar-refractivity contribution in [2.24, 2.45) is 0 Å². The quantitative estimate of drug-likeness (QED) is 0.393. The van der Waals surface area contributed by atoms with Gasteiger partial charge >= 0.3 is 0 Å². The largest absolute Gasteiger partial charge is 0.0622 e. The summed E-state index contributed by atoms with van der Waals surface area (Å²) in [7, 11) is -1.07. The van der Waals surface area contributed by atoms with Gasteiger partial charge in [0.15, 0.2) is 0 Å². The molecule has 0 bridgehead atoms. The average Bonchev–Trinajstić information content (AvgIpc) is 2.77. The van der Waals surface area contributed by atoms with Crippen LogP contribution in [0.15, 0.2) is 121 Å². The molecule has 0 atom stereocenters. The van der Waals surface area contributed by atoms with Crippen LogP contribution in [0.2, 0.25) is 0 Å². The molecule has 0 aliphatic heterocycles. The molecule has 0 saturated heterocycles. The van der Waals surface area contributed by atoms with Crippen molar-refractivity contribution >= 4 is 37.1 Å². The molecule has 1 radical (unpaired) electrons. The Morgan fingerprint density at radius 1 is 0.333 bits per heavy atom. The van der Waals surface area contributed by atoms with Crippen LogP contribution in [0.5, 0.6) is 0 Å². The van der Waals surface area contributed by atoms with Crippen molar-refractivity contribution in [3.63, 3.8) is 0 Å². The zero-order valence-electron chi connectivity index (χ0n) is 15.0. The standard InChI is InChI=1S/C25H21P2/c1-5-13-22(14-6-1)26(23-15-7-2-8-16-23)21-27(24-17-9-3-10-18-24)25-19-11-4-12-20-25/h1-21H. The van der Waals surface area contributed by atoms with E-state index in [0.29, 0.717) is 0 Å². The lowest BCUT2D eigenvalue weighted by Gasteiger charge is -2.25. The van der Waals surface area contributed by atoms with Crippen LogP contribution >= 0.6 is 15.8 Å². The Bertz CT molecular complexity index is 778. The Morgan fingerprint density at radius 2 is 0.556 bits per heavy atom. The van der Waals surface area contributed by atoms with Gasteiger partial charge < -0.3 is 0 Å². The van der Waals surface area contributed by atoms with Crippen LogP contribution < -0.4 is 21.2 Å². The maximum atomic E-state index is 2.61. The van der Waals surface area contributed by atoms with Gasteiger partial charge in [0.2, 0.25) is 0 Å². The van der Waals surface area contributed by atoms with E-state index in [0.717, 1.165) is 0 Å². The van der Waals surface area contributed by atoms with Gasteiger partial charge in [-0.25, -0.2) is 0 Å². The van der Waals surface area contributed by atoms with Gasteiger partial charge in [-0.3, -0.25) is 0 Å². The van der Waals surface area contributed by atoms with Crippen molar-refractivity contribution in [3.05, 3.63) is 127 Å². The van der Waals surface area contributed by atoms with Gasteiger partial charge in [-0.1, -0.05) is 121 Å². The zero-order chi connectivity index (χ0) is 18.3. The topological polar surface area (TPSA) is 0 Å². The molecule has 27 heavy (non-hydrogen) atoms. The Hall–Kier alpha value is -2.26. The first-order valence-electron chi connectivity index (χ1n) is 9.05. The Labute approximate surface area is 164 Å². The van der Waals surface area contributed by atoms with E-state index >= 15 is 0 Å². The van der Waals surface area contributed by atoms with E-state index in [2.05, 4.69) is 127 Å². The maximum absolute atomic E-state index is 2.61. The van der Waals surface area contributed by atoms with Gasteiger partial charge in [-0.2, -0.15) is 0 Å². The highest BCUT2D eigenvalue weighted by Crippen LogP contribution is 2.53. The lowest BCUT2D eigenvalue weighted by atomic mass is 10.4. The summed E-state index contributed by atoms with van der Waals surface area (Å²) in [4.78, 5) is 0. The number of hydrogen-bond acceptors (Lipinski definition) is 0. The van der Waals surface area contributed by atoms with Crippen molar-refractivity contribution in [1.82, 2.24) is 0 Å². The van der Waals surface area contributed by atoms with Crippen LogP contribution in [0.1, 0.15) is 0 Å². The van der Waals surface area contributed by atoms with Crippen molar-refractivity contribution in [2.45, 2.75) is 0 Å². The van der Waals surface area contributed by atoms with E-state index in [1.165, 1.54) is 21.2 Å². The number of rotatable bonds is 6. The molecule has 0 N–H and O–H groups in total. The monoisotopic (exact) mass is 383 g/mol. The first-order valence-corrected chi connectivity index (χ1v) is 11.9. The number of hydrogen-bond donors (Lipinski definition) is 0. The van der Waals surface area contributed by atoms with Gasteiger partial charge in [0.1, 0.15) is 0 Å². The fourth-order valence-electron chi connectivity index (χ4n) is 3.03. The predicted octanol–water partition coefficient (Wildman–Crippen LogP) is 5.37. The predicted molar refractivity (Wildman–Crippen MR) is 122 cm³/mol. The van der Waals surface area contributed by atoms with Gasteiger partial charge in [-0.05, 0) is 37.1 Å². The van der Waals surface area contributed by atoms with E-state index in [1.807, 2.05) is 0 Å². The first-order chi connectivity index (χ1) is 13.4. The summed E-state index contributed by atoms with van der Waals surface area (Å²) in [6.45, 7) is 0. The van der Waals surface area contributed by atoms with Crippen LogP contribution in [0.4, 0.5) is 0 Å². The zero-order valence-corrected chi connectivity index (χ0v) is 16.8. The fourth-order valence-corrected chi connectivity index (χ4v) is 8.66. The van der Waals surface area contributed by atoms with Crippen LogP contribution in [-0.4, -0.2) is 0 Å². The van der Waals surface area contributed by atoms with Gasteiger partial charge in [0.05, 0.1) is 0 Å². The third kappa shape index (κ3) is 4.54. The second kappa shape index (κ2) is 9.09. The summed E-state index contributed by atoms with van der Waals surface area (Å²) in [5, 5.41) is 5.60. The molecule has 0 amide bonds. The highest BCUT2D eigenvalue weighted by molar-refractivity contribution is 7.91. The lowest BCUT2D eigenvalue weighted by Crippen LogP contribution is -2.16. The summed E-state index contributed by atoms with van der Waals surface area (Å²) in [5.74, 6) is 2.61. The molecule has 4 aromatic rings. The molecule has 0 aliphatic rings. The van der Waals surface area contributed by atoms with Crippen LogP contribution in [0.25, 0.3) is 0 Å². The molecule has 0 saturated carbocycles. The summed E-state index contributed by atoms with van der Waals surface area (Å²) in [5.41, 5.74) is 0. The molecular weight excluding hydrogens is 362 g/mol. The second-order valence-electron chi connectivity index (χ2n) is 6.20. The third-order valence-corrected chi connectivity index (χ3v) is 9.63. The Morgan fingerprint density at radius 3 is 0.778 bits per heavy atom. The van der Waals surface area contributed by atoms with Crippen LogP contribution in [0, 0.1) is 5.90 Å². The molecule has 0 heterocycles. The van der Waals surface area contributed by atoms with Gasteiger partial charge in [-0.15, -0.1) is 0 Å². The molecule has 0 aromatic heterocycles. The van der Waals surface area contributed by atoms with Gasteiger partial charge in [0, 0.05) is 5.90 Å². The van der Waals surface area contributed by atoms with Crippen molar-refractivity contribution in [2.75, 3.05) is 0 Å². The Kier molecular flexibility index (Phi) is 6.10. The third-order valence-electron chi connectivity index (χ3n) is 4.37. The molecule has 4 rings (SSSR count). The lowest BCUT2D eigenvalue weighted by molar-refractivity contribution is 1.74. The van der Waals surface area contributed by atoms with E-state index in [9.17, 15) is 0 Å². The van der Waals surface area contributed by atoms with E-state index in [-0.39, 0.29) is 0 Å². The molecule has 131 valence electrons. The van der Waals surface area contributed by atoms with Gasteiger partial charge in [0.25, 0.3) is 0 Å². The molecule has 0 fully saturated rings. The average molecular weight is 383 g/mol. The van der Waals surface area contributed by atoms with E-state index in [4.69, 9.17) is 0 Å². The molecule has 0 aliphatic carbocycles. The highest BCUT2D eigenvalue weighted by atomic mass is 31.2. The molecule has 2 heteroatoms. The molecule has 4 aromatic carbocycles. The molecule has 0 unspecified atom stereocenters. The van der Waals surface area contributed by atoms with E-state index < -0.39 is 15.8 Å². The maximum Gasteiger partial charge on any atom is 0.0274 e. The van der Waals surface area contributed by atoms with E-state index in [1.54, 1.807) is 0 Å². The number of benzene rings is 4. The molecule has 0 nitrogen and oxygen atoms in total. The van der Waals surface area contributed by atoms with Crippen molar-refractivity contribution in [1.29, 1.82) is 0 Å². The SMILES string of the molecule is [CH](P(c1ccccc1)c1ccccc1)P(c1ccccc1)c1ccccc1. The second-order valence-corrected chi connectivity index (χ2v) is 10.7. The minimum atomic E-state index is -0.534. The first kappa shape index (κ1) is 18.1. The van der Waals surface area contributed by atoms with Crippen molar-refractivity contribution < 1.29 is 0 Å². The fraction of sp³-hybridized carbons (Fsp3) is 0. The van der Waals surface area contributed by atoms with Crippen molar-refractivity contribution in [3.8, 4) is 0 Å². The summed E-state index contributed by atoms with van der Waals surface area (Å²) in [6, 6.07) is 43.7. The summed E-state index contributed by atoms with van der Waals surface area (Å²) < 4.78 is 0.